The summed E-state index contributed by atoms with van der Waals surface area (Å²) in [5.41, 5.74) is 2.32. The molecule has 0 saturated carbocycles. The van der Waals surface area contributed by atoms with Crippen molar-refractivity contribution >= 4 is 22.5 Å². The number of pyridine rings is 1. The van der Waals surface area contributed by atoms with Crippen molar-refractivity contribution < 1.29 is 0 Å². The highest BCUT2D eigenvalue weighted by molar-refractivity contribution is 6.21. The number of fused-ring (bicyclic) bond motifs is 1. The fraction of sp³-hybridized carbons (Fsp3) is 0.308. The molecule has 1 aromatic carbocycles. The van der Waals surface area contributed by atoms with Gasteiger partial charge in [-0.05, 0) is 30.5 Å². The van der Waals surface area contributed by atoms with E-state index in [-0.39, 0.29) is 5.38 Å². The molecule has 0 saturated heterocycles. The minimum Gasteiger partial charge on any atom is -0.256 e. The average Bonchev–Trinajstić information content (AvgIpc) is 2.27. The van der Waals surface area contributed by atoms with E-state index < -0.39 is 0 Å². The van der Waals surface area contributed by atoms with Crippen LogP contribution in [0.5, 0.6) is 0 Å². The zero-order valence-corrected chi connectivity index (χ0v) is 9.70. The van der Waals surface area contributed by atoms with E-state index in [4.69, 9.17) is 11.6 Å². The second-order valence-electron chi connectivity index (χ2n) is 3.88. The van der Waals surface area contributed by atoms with Gasteiger partial charge < -0.3 is 0 Å². The molecule has 0 spiro atoms. The Bertz CT molecular complexity index is 460. The van der Waals surface area contributed by atoms with Crippen LogP contribution in [0.25, 0.3) is 10.9 Å². The normalized spacial score (nSPS) is 15.1. The van der Waals surface area contributed by atoms with Gasteiger partial charge in [0.05, 0.1) is 5.52 Å². The number of benzene rings is 1. The van der Waals surface area contributed by atoms with E-state index in [1.807, 2.05) is 31.3 Å². The molecule has 0 aliphatic heterocycles. The predicted octanol–water partition coefficient (Wildman–Crippen LogP) is 3.97. The van der Waals surface area contributed by atoms with Crippen LogP contribution in [0.15, 0.2) is 36.5 Å². The van der Waals surface area contributed by atoms with E-state index in [0.717, 1.165) is 5.52 Å². The summed E-state index contributed by atoms with van der Waals surface area (Å²) in [5, 5.41) is 1.34. The Balaban J connectivity index is 2.60. The summed E-state index contributed by atoms with van der Waals surface area (Å²) in [6, 6.07) is 10.3. The summed E-state index contributed by atoms with van der Waals surface area (Å²) in [4.78, 5) is 4.34. The van der Waals surface area contributed by atoms with Crippen molar-refractivity contribution in [1.29, 1.82) is 0 Å². The van der Waals surface area contributed by atoms with Gasteiger partial charge in [-0.3, -0.25) is 4.98 Å². The van der Waals surface area contributed by atoms with Crippen LogP contribution in [0, 0.1) is 0 Å². The summed E-state index contributed by atoms with van der Waals surface area (Å²) in [7, 11) is 0. The first-order valence-corrected chi connectivity index (χ1v) is 5.61. The molecule has 2 aromatic rings. The van der Waals surface area contributed by atoms with Gasteiger partial charge >= 0.3 is 0 Å². The highest BCUT2D eigenvalue weighted by Gasteiger charge is 2.14. The maximum atomic E-state index is 6.14. The van der Waals surface area contributed by atoms with E-state index in [1.165, 1.54) is 10.9 Å². The highest BCUT2D eigenvalue weighted by atomic mass is 35.5. The third kappa shape index (κ3) is 1.98. The van der Waals surface area contributed by atoms with Crippen LogP contribution < -0.4 is 0 Å². The van der Waals surface area contributed by atoms with Crippen LogP contribution in [0.4, 0.5) is 0 Å². The van der Waals surface area contributed by atoms with Crippen molar-refractivity contribution in [2.24, 2.45) is 0 Å². The minimum atomic E-state index is 0.135. The van der Waals surface area contributed by atoms with Gasteiger partial charge in [0.15, 0.2) is 0 Å². The molecular formula is C13H14ClN. The van der Waals surface area contributed by atoms with E-state index in [1.54, 1.807) is 0 Å². The average molecular weight is 220 g/mol. The fourth-order valence-electron chi connectivity index (χ4n) is 1.77. The summed E-state index contributed by atoms with van der Waals surface area (Å²) in [6.45, 7) is 4.18. The van der Waals surface area contributed by atoms with Crippen LogP contribution >= 0.6 is 11.6 Å². The summed E-state index contributed by atoms with van der Waals surface area (Å²) in [5.74, 6) is 0.347. The van der Waals surface area contributed by atoms with E-state index >= 15 is 0 Å². The van der Waals surface area contributed by atoms with Crippen molar-refractivity contribution in [3.05, 3.63) is 42.1 Å². The Kier molecular flexibility index (Phi) is 2.92. The van der Waals surface area contributed by atoms with Crippen LogP contribution in [-0.2, 0) is 0 Å². The number of alkyl halides is 1. The zero-order chi connectivity index (χ0) is 10.8. The Labute approximate surface area is 95.1 Å². The molecule has 2 rings (SSSR count). The lowest BCUT2D eigenvalue weighted by Gasteiger charge is -2.16. The Hall–Kier alpha value is -1.08. The maximum absolute atomic E-state index is 6.14. The lowest BCUT2D eigenvalue weighted by Crippen LogP contribution is -2.05. The van der Waals surface area contributed by atoms with Gasteiger partial charge in [-0.1, -0.05) is 25.1 Å². The molecule has 0 bridgehead atoms. The molecule has 78 valence electrons. The smallest absolute Gasteiger partial charge is 0.0704 e. The number of aromatic nitrogens is 1. The van der Waals surface area contributed by atoms with Crippen molar-refractivity contribution in [2.45, 2.75) is 25.1 Å². The molecule has 0 fully saturated rings. The van der Waals surface area contributed by atoms with Crippen molar-refractivity contribution in [2.75, 3.05) is 0 Å². The van der Waals surface area contributed by atoms with E-state index in [0.29, 0.717) is 5.92 Å². The molecule has 1 heterocycles. The van der Waals surface area contributed by atoms with Crippen LogP contribution in [0.1, 0.15) is 25.3 Å². The van der Waals surface area contributed by atoms with Crippen LogP contribution in [-0.4, -0.2) is 10.4 Å². The fourth-order valence-corrected chi connectivity index (χ4v) is 1.91. The highest BCUT2D eigenvalue weighted by Crippen LogP contribution is 2.28. The minimum absolute atomic E-state index is 0.135. The molecule has 0 amide bonds. The van der Waals surface area contributed by atoms with Crippen LogP contribution in [0.2, 0.25) is 0 Å². The van der Waals surface area contributed by atoms with Gasteiger partial charge in [0, 0.05) is 17.0 Å². The topological polar surface area (TPSA) is 12.9 Å². The lowest BCUT2D eigenvalue weighted by atomic mass is 9.94. The van der Waals surface area contributed by atoms with E-state index in [2.05, 4.69) is 24.0 Å². The SMILES string of the molecule is CC(Cl)C(C)c1cccc2ncccc12. The van der Waals surface area contributed by atoms with Crippen molar-refractivity contribution in [3.8, 4) is 0 Å². The molecule has 2 unspecified atom stereocenters. The molecule has 15 heavy (non-hydrogen) atoms. The van der Waals surface area contributed by atoms with E-state index in [9.17, 15) is 0 Å². The lowest BCUT2D eigenvalue weighted by molar-refractivity contribution is 0.748. The Morgan fingerprint density at radius 3 is 2.67 bits per heavy atom. The molecular weight excluding hydrogens is 206 g/mol. The van der Waals surface area contributed by atoms with Crippen molar-refractivity contribution in [3.63, 3.8) is 0 Å². The number of nitrogens with zero attached hydrogens (tertiary/aromatic N) is 1. The van der Waals surface area contributed by atoms with Gasteiger partial charge in [0.25, 0.3) is 0 Å². The number of hydrogen-bond acceptors (Lipinski definition) is 1. The van der Waals surface area contributed by atoms with Gasteiger partial charge in [0.2, 0.25) is 0 Å². The second-order valence-corrected chi connectivity index (χ2v) is 4.57. The quantitative estimate of drug-likeness (QED) is 0.697. The van der Waals surface area contributed by atoms with Gasteiger partial charge in [-0.25, -0.2) is 0 Å². The zero-order valence-electron chi connectivity index (χ0n) is 8.94. The molecule has 2 atom stereocenters. The van der Waals surface area contributed by atoms with Gasteiger partial charge in [0.1, 0.15) is 0 Å². The summed E-state index contributed by atoms with van der Waals surface area (Å²) >= 11 is 6.14. The molecule has 0 aliphatic rings. The van der Waals surface area contributed by atoms with Gasteiger partial charge in [-0.15, -0.1) is 11.6 Å². The third-order valence-electron chi connectivity index (χ3n) is 2.86. The monoisotopic (exact) mass is 219 g/mol. The standard InChI is InChI=1S/C13H14ClN/c1-9(10(2)14)11-5-3-7-13-12(11)6-4-8-15-13/h3-10H,1-2H3. The summed E-state index contributed by atoms with van der Waals surface area (Å²) in [6.07, 6.45) is 1.82. The Morgan fingerprint density at radius 1 is 1.13 bits per heavy atom. The molecule has 1 nitrogen and oxygen atoms in total. The molecule has 2 heteroatoms. The summed E-state index contributed by atoms with van der Waals surface area (Å²) < 4.78 is 0. The molecule has 1 aromatic heterocycles. The number of rotatable bonds is 2. The van der Waals surface area contributed by atoms with Crippen molar-refractivity contribution in [1.82, 2.24) is 4.98 Å². The predicted molar refractivity (Wildman–Crippen MR) is 65.5 cm³/mol. The maximum Gasteiger partial charge on any atom is 0.0704 e. The van der Waals surface area contributed by atoms with Crippen LogP contribution in [0.3, 0.4) is 0 Å². The first kappa shape index (κ1) is 10.4. The first-order chi connectivity index (χ1) is 7.20. The molecule has 0 radical (unpaired) electrons. The third-order valence-corrected chi connectivity index (χ3v) is 3.24. The molecule has 0 N–H and O–H groups in total. The number of hydrogen-bond donors (Lipinski definition) is 0. The first-order valence-electron chi connectivity index (χ1n) is 5.18. The van der Waals surface area contributed by atoms with Gasteiger partial charge in [-0.2, -0.15) is 0 Å². The largest absolute Gasteiger partial charge is 0.256 e. The second kappa shape index (κ2) is 4.19. The Morgan fingerprint density at radius 2 is 1.93 bits per heavy atom. The number of halogens is 1. The molecule has 0 aliphatic carbocycles.